The van der Waals surface area contributed by atoms with Crippen LogP contribution in [0.3, 0.4) is 0 Å². The third-order valence-corrected chi connectivity index (χ3v) is 2.61. The quantitative estimate of drug-likeness (QED) is 0.876. The van der Waals surface area contributed by atoms with Crippen LogP contribution < -0.4 is 0 Å². The predicted octanol–water partition coefficient (Wildman–Crippen LogP) is 2.82. The number of aliphatic carboxylic acids is 1. The van der Waals surface area contributed by atoms with E-state index in [-0.39, 0.29) is 5.56 Å². The van der Waals surface area contributed by atoms with E-state index in [0.717, 1.165) is 11.6 Å². The average Bonchev–Trinajstić information content (AvgIpc) is 2.75. The topological polar surface area (TPSA) is 55.1 Å². The zero-order chi connectivity index (χ0) is 13.8. The van der Waals surface area contributed by atoms with Crippen LogP contribution in [0.1, 0.15) is 11.1 Å². The number of hydrogen-bond donors (Lipinski definition) is 1. The van der Waals surface area contributed by atoms with E-state index in [1.807, 2.05) is 0 Å². The van der Waals surface area contributed by atoms with Gasteiger partial charge in [0.05, 0.1) is 17.8 Å². The molecular formula is C13H10ClFN2O2. The van der Waals surface area contributed by atoms with Gasteiger partial charge in [0, 0.05) is 17.8 Å². The van der Waals surface area contributed by atoms with E-state index in [4.69, 9.17) is 16.7 Å². The van der Waals surface area contributed by atoms with Crippen molar-refractivity contribution in [1.82, 2.24) is 9.78 Å². The van der Waals surface area contributed by atoms with Gasteiger partial charge in [-0.3, -0.25) is 4.68 Å². The molecule has 4 nitrogen and oxygen atoms in total. The van der Waals surface area contributed by atoms with E-state index in [2.05, 4.69) is 5.10 Å². The lowest BCUT2D eigenvalue weighted by atomic mass is 10.1. The standard InChI is InChI=1S/C13H10ClFN2O2/c14-11-6-16-17(8-11)7-9-1-3-12(15)10(5-9)2-4-13(18)19/h1-6,8H,7H2,(H,18,19)/b4-2+. The second-order valence-electron chi connectivity index (χ2n) is 3.88. The number of aromatic nitrogens is 2. The number of carbonyl (C=O) groups is 1. The first-order valence-electron chi connectivity index (χ1n) is 5.42. The molecule has 0 amide bonds. The summed E-state index contributed by atoms with van der Waals surface area (Å²) in [5, 5.41) is 13.1. The maximum atomic E-state index is 13.5. The zero-order valence-corrected chi connectivity index (χ0v) is 10.5. The Kier molecular flexibility index (Phi) is 3.97. The van der Waals surface area contributed by atoms with E-state index in [9.17, 15) is 9.18 Å². The first-order valence-corrected chi connectivity index (χ1v) is 5.80. The number of hydrogen-bond acceptors (Lipinski definition) is 2. The Balaban J connectivity index is 2.23. The van der Waals surface area contributed by atoms with Crippen LogP contribution in [0.2, 0.25) is 5.02 Å². The molecule has 0 saturated heterocycles. The molecule has 98 valence electrons. The van der Waals surface area contributed by atoms with Crippen molar-refractivity contribution in [2.24, 2.45) is 0 Å². The Bertz CT molecular complexity index is 637. The van der Waals surface area contributed by atoms with E-state index in [1.54, 1.807) is 23.0 Å². The molecule has 1 aromatic heterocycles. The molecule has 0 atom stereocenters. The Hall–Kier alpha value is -2.14. The number of rotatable bonds is 4. The third-order valence-electron chi connectivity index (χ3n) is 2.41. The highest BCUT2D eigenvalue weighted by molar-refractivity contribution is 6.30. The van der Waals surface area contributed by atoms with Crippen molar-refractivity contribution in [2.75, 3.05) is 0 Å². The smallest absolute Gasteiger partial charge is 0.328 e. The molecule has 0 spiro atoms. The zero-order valence-electron chi connectivity index (χ0n) is 9.75. The molecule has 2 aromatic rings. The fraction of sp³-hybridized carbons (Fsp3) is 0.0769. The Morgan fingerprint density at radius 3 is 2.95 bits per heavy atom. The molecule has 19 heavy (non-hydrogen) atoms. The SMILES string of the molecule is O=C(O)/C=C/c1cc(Cn2cc(Cl)cn2)ccc1F. The summed E-state index contributed by atoms with van der Waals surface area (Å²) in [6, 6.07) is 4.48. The highest BCUT2D eigenvalue weighted by Crippen LogP contribution is 2.14. The highest BCUT2D eigenvalue weighted by atomic mass is 35.5. The van der Waals surface area contributed by atoms with Crippen LogP contribution in [0.25, 0.3) is 6.08 Å². The third kappa shape index (κ3) is 3.66. The second-order valence-corrected chi connectivity index (χ2v) is 4.32. The molecule has 0 aliphatic carbocycles. The molecule has 1 aromatic carbocycles. The summed E-state index contributed by atoms with van der Waals surface area (Å²) >= 11 is 5.75. The van der Waals surface area contributed by atoms with E-state index < -0.39 is 11.8 Å². The van der Waals surface area contributed by atoms with Crippen molar-refractivity contribution < 1.29 is 14.3 Å². The molecule has 2 rings (SSSR count). The molecule has 6 heteroatoms. The molecule has 0 aliphatic heterocycles. The van der Waals surface area contributed by atoms with Gasteiger partial charge in [-0.1, -0.05) is 17.7 Å². The van der Waals surface area contributed by atoms with Crippen molar-refractivity contribution >= 4 is 23.6 Å². The summed E-state index contributed by atoms with van der Waals surface area (Å²) in [4.78, 5) is 10.4. The van der Waals surface area contributed by atoms with Crippen molar-refractivity contribution in [1.29, 1.82) is 0 Å². The normalized spacial score (nSPS) is 11.1. The van der Waals surface area contributed by atoms with Crippen LogP contribution in [0, 0.1) is 5.82 Å². The van der Waals surface area contributed by atoms with Crippen LogP contribution in [0.15, 0.2) is 36.7 Å². The largest absolute Gasteiger partial charge is 0.478 e. The molecule has 1 heterocycles. The highest BCUT2D eigenvalue weighted by Gasteiger charge is 2.03. The van der Waals surface area contributed by atoms with Crippen molar-refractivity contribution in [3.63, 3.8) is 0 Å². The first-order chi connectivity index (χ1) is 9.04. The molecule has 0 bridgehead atoms. The first kappa shape index (κ1) is 13.3. The molecule has 0 unspecified atom stereocenters. The molecule has 1 N–H and O–H groups in total. The van der Waals surface area contributed by atoms with Crippen LogP contribution in [-0.2, 0) is 11.3 Å². The summed E-state index contributed by atoms with van der Waals surface area (Å²) < 4.78 is 15.1. The average molecular weight is 281 g/mol. The van der Waals surface area contributed by atoms with Gasteiger partial charge in [-0.15, -0.1) is 0 Å². The number of nitrogens with zero attached hydrogens (tertiary/aromatic N) is 2. The minimum Gasteiger partial charge on any atom is -0.478 e. The summed E-state index contributed by atoms with van der Waals surface area (Å²) in [5.74, 6) is -1.59. The minimum atomic E-state index is -1.12. The van der Waals surface area contributed by atoms with Crippen molar-refractivity contribution in [3.05, 3.63) is 58.6 Å². The minimum absolute atomic E-state index is 0.221. The van der Waals surface area contributed by atoms with E-state index in [0.29, 0.717) is 11.6 Å². The summed E-state index contributed by atoms with van der Waals surface area (Å²) in [5.41, 5.74) is 1.02. The predicted molar refractivity (Wildman–Crippen MR) is 69.4 cm³/mol. The maximum Gasteiger partial charge on any atom is 0.328 e. The summed E-state index contributed by atoms with van der Waals surface area (Å²) in [6.45, 7) is 0.431. The van der Waals surface area contributed by atoms with E-state index in [1.165, 1.54) is 18.3 Å². The van der Waals surface area contributed by atoms with E-state index >= 15 is 0 Å². The molecular weight excluding hydrogens is 271 g/mol. The van der Waals surface area contributed by atoms with Gasteiger partial charge in [-0.2, -0.15) is 5.10 Å². The van der Waals surface area contributed by atoms with Crippen LogP contribution in [-0.4, -0.2) is 20.9 Å². The second kappa shape index (κ2) is 5.67. The number of benzene rings is 1. The van der Waals surface area contributed by atoms with Crippen molar-refractivity contribution in [3.8, 4) is 0 Å². The molecule has 0 radical (unpaired) electrons. The van der Waals surface area contributed by atoms with Gasteiger partial charge >= 0.3 is 5.97 Å². The lowest BCUT2D eigenvalue weighted by Gasteiger charge is -2.04. The Morgan fingerprint density at radius 1 is 1.53 bits per heavy atom. The molecule has 0 saturated carbocycles. The lowest BCUT2D eigenvalue weighted by Crippen LogP contribution is -2.00. The Labute approximate surface area is 113 Å². The summed E-state index contributed by atoms with van der Waals surface area (Å²) in [7, 11) is 0. The van der Waals surface area contributed by atoms with Crippen LogP contribution >= 0.6 is 11.6 Å². The van der Waals surface area contributed by atoms with Gasteiger partial charge in [0.15, 0.2) is 0 Å². The number of carboxylic acid groups (broad SMARTS) is 1. The van der Waals surface area contributed by atoms with Gasteiger partial charge in [-0.05, 0) is 23.8 Å². The monoisotopic (exact) mass is 280 g/mol. The Morgan fingerprint density at radius 2 is 2.32 bits per heavy atom. The fourth-order valence-electron chi connectivity index (χ4n) is 1.59. The van der Waals surface area contributed by atoms with Gasteiger partial charge in [-0.25, -0.2) is 9.18 Å². The van der Waals surface area contributed by atoms with Gasteiger partial charge in [0.25, 0.3) is 0 Å². The lowest BCUT2D eigenvalue weighted by molar-refractivity contribution is -0.131. The molecule has 0 fully saturated rings. The van der Waals surface area contributed by atoms with Gasteiger partial charge in [0.1, 0.15) is 5.82 Å². The van der Waals surface area contributed by atoms with Crippen LogP contribution in [0.5, 0.6) is 0 Å². The maximum absolute atomic E-state index is 13.5. The number of halogens is 2. The molecule has 0 aliphatic rings. The number of carboxylic acids is 1. The fourth-order valence-corrected chi connectivity index (χ4v) is 1.75. The van der Waals surface area contributed by atoms with Crippen molar-refractivity contribution in [2.45, 2.75) is 6.54 Å². The van der Waals surface area contributed by atoms with Crippen LogP contribution in [0.4, 0.5) is 4.39 Å². The summed E-state index contributed by atoms with van der Waals surface area (Å²) in [6.07, 6.45) is 5.28. The van der Waals surface area contributed by atoms with Gasteiger partial charge in [0.2, 0.25) is 0 Å². The van der Waals surface area contributed by atoms with Gasteiger partial charge < -0.3 is 5.11 Å².